The van der Waals surface area contributed by atoms with Gasteiger partial charge in [0.05, 0.1) is 4.92 Å². The summed E-state index contributed by atoms with van der Waals surface area (Å²) in [5.41, 5.74) is 1.76. The lowest BCUT2D eigenvalue weighted by molar-refractivity contribution is -0.384. The quantitative estimate of drug-likeness (QED) is 0.203. The highest BCUT2D eigenvalue weighted by molar-refractivity contribution is 6.32. The molecule has 0 atom stereocenters. The zero-order chi connectivity index (χ0) is 16.0. The molecule has 0 saturated heterocycles. The Morgan fingerprint density at radius 3 is 2.45 bits per heavy atom. The van der Waals surface area contributed by atoms with Crippen LogP contribution < -0.4 is 0 Å². The van der Waals surface area contributed by atoms with Gasteiger partial charge in [-0.25, -0.2) is 0 Å². The molecule has 122 valence electrons. The van der Waals surface area contributed by atoms with Crippen molar-refractivity contribution in [3.05, 3.63) is 50.0 Å². The SMILES string of the molecule is C.CCCCC/C(C)=C(\C)C(=O)c1ccc(Cl)c([N+](=O)[O-])c1. The van der Waals surface area contributed by atoms with E-state index in [1.165, 1.54) is 18.2 Å². The fourth-order valence-electron chi connectivity index (χ4n) is 2.03. The van der Waals surface area contributed by atoms with Gasteiger partial charge in [-0.3, -0.25) is 14.9 Å². The van der Waals surface area contributed by atoms with Crippen LogP contribution in [0.15, 0.2) is 29.3 Å². The van der Waals surface area contributed by atoms with Crippen molar-refractivity contribution in [2.45, 2.75) is 53.9 Å². The number of carbonyl (C=O) groups is 1. The molecule has 0 fully saturated rings. The van der Waals surface area contributed by atoms with Crippen molar-refractivity contribution in [1.29, 1.82) is 0 Å². The van der Waals surface area contributed by atoms with E-state index >= 15 is 0 Å². The summed E-state index contributed by atoms with van der Waals surface area (Å²) in [5, 5.41) is 10.9. The van der Waals surface area contributed by atoms with Crippen LogP contribution in [0.1, 0.15) is 64.2 Å². The largest absolute Gasteiger partial charge is 0.289 e. The van der Waals surface area contributed by atoms with Crippen molar-refractivity contribution in [3.63, 3.8) is 0 Å². The summed E-state index contributed by atoms with van der Waals surface area (Å²) in [4.78, 5) is 22.7. The van der Waals surface area contributed by atoms with Crippen LogP contribution >= 0.6 is 11.6 Å². The standard InChI is InChI=1S/C16H20ClNO3.CH4/c1-4-5-6-7-11(2)12(3)16(19)13-8-9-14(17)15(10-13)18(20)21;/h8-10H,4-7H2,1-3H3;1H4/b12-11+;. The molecule has 0 heterocycles. The first-order valence-electron chi connectivity index (χ1n) is 7.03. The van der Waals surface area contributed by atoms with E-state index in [4.69, 9.17) is 11.6 Å². The van der Waals surface area contributed by atoms with Crippen LogP contribution in [0.25, 0.3) is 0 Å². The van der Waals surface area contributed by atoms with E-state index in [-0.39, 0.29) is 23.9 Å². The van der Waals surface area contributed by atoms with Crippen LogP contribution in [-0.2, 0) is 0 Å². The van der Waals surface area contributed by atoms with Crippen molar-refractivity contribution >= 4 is 23.1 Å². The highest BCUT2D eigenvalue weighted by Gasteiger charge is 2.18. The molecule has 0 aliphatic rings. The maximum Gasteiger partial charge on any atom is 0.288 e. The Labute approximate surface area is 137 Å². The first-order chi connectivity index (χ1) is 9.88. The number of carbonyl (C=O) groups excluding carboxylic acids is 1. The third-order valence-corrected chi connectivity index (χ3v) is 3.86. The van der Waals surface area contributed by atoms with Crippen LogP contribution in [0.4, 0.5) is 5.69 Å². The van der Waals surface area contributed by atoms with E-state index in [9.17, 15) is 14.9 Å². The summed E-state index contributed by atoms with van der Waals surface area (Å²) in [6.45, 7) is 5.83. The number of ketones is 1. The number of hydrogen-bond acceptors (Lipinski definition) is 3. The van der Waals surface area contributed by atoms with Crippen LogP contribution in [0.5, 0.6) is 0 Å². The second-order valence-corrected chi connectivity index (χ2v) is 5.52. The average molecular weight is 326 g/mol. The van der Waals surface area contributed by atoms with Gasteiger partial charge < -0.3 is 0 Å². The summed E-state index contributed by atoms with van der Waals surface area (Å²) < 4.78 is 0. The summed E-state index contributed by atoms with van der Waals surface area (Å²) >= 11 is 5.76. The van der Waals surface area contributed by atoms with Gasteiger partial charge >= 0.3 is 0 Å². The lowest BCUT2D eigenvalue weighted by Crippen LogP contribution is -2.04. The highest BCUT2D eigenvalue weighted by atomic mass is 35.5. The highest BCUT2D eigenvalue weighted by Crippen LogP contribution is 2.27. The number of Topliss-reactive ketones (excluding diaryl/α,β-unsaturated/α-hetero) is 1. The summed E-state index contributed by atoms with van der Waals surface area (Å²) in [7, 11) is 0. The maximum atomic E-state index is 12.4. The van der Waals surface area contributed by atoms with Crippen LogP contribution in [0.2, 0.25) is 5.02 Å². The number of nitro groups is 1. The van der Waals surface area contributed by atoms with Crippen molar-refractivity contribution in [3.8, 4) is 0 Å². The molecule has 1 aromatic rings. The number of nitro benzene ring substituents is 1. The van der Waals surface area contributed by atoms with Crippen molar-refractivity contribution in [2.24, 2.45) is 0 Å². The van der Waals surface area contributed by atoms with E-state index in [0.29, 0.717) is 11.1 Å². The molecular weight excluding hydrogens is 302 g/mol. The first kappa shape index (κ1) is 20.3. The van der Waals surface area contributed by atoms with Gasteiger partial charge in [-0.05, 0) is 44.4 Å². The molecule has 4 nitrogen and oxygen atoms in total. The van der Waals surface area contributed by atoms with Gasteiger partial charge in [-0.15, -0.1) is 0 Å². The number of benzene rings is 1. The minimum absolute atomic E-state index is 0. The first-order valence-corrected chi connectivity index (χ1v) is 7.41. The molecule has 1 rings (SSSR count). The molecule has 5 heteroatoms. The molecular formula is C17H24ClNO3. The van der Waals surface area contributed by atoms with E-state index < -0.39 is 4.92 Å². The van der Waals surface area contributed by atoms with Gasteiger partial charge in [-0.2, -0.15) is 0 Å². The number of unbranched alkanes of at least 4 members (excludes halogenated alkanes) is 2. The Morgan fingerprint density at radius 1 is 1.27 bits per heavy atom. The molecule has 0 saturated carbocycles. The fourth-order valence-corrected chi connectivity index (χ4v) is 2.22. The lowest BCUT2D eigenvalue weighted by atomic mass is 9.97. The Balaban J connectivity index is 0.00000441. The van der Waals surface area contributed by atoms with E-state index in [0.717, 1.165) is 31.3 Å². The number of rotatable bonds is 7. The lowest BCUT2D eigenvalue weighted by Gasteiger charge is -2.07. The predicted octanol–water partition coefficient (Wildman–Crippen LogP) is 5.98. The second-order valence-electron chi connectivity index (χ2n) is 5.11. The van der Waals surface area contributed by atoms with Crippen LogP contribution in [0.3, 0.4) is 0 Å². The zero-order valence-corrected chi connectivity index (χ0v) is 13.4. The summed E-state index contributed by atoms with van der Waals surface area (Å²) in [5.74, 6) is -0.177. The fraction of sp³-hybridized carbons (Fsp3) is 0.471. The number of nitrogens with zero attached hydrogens (tertiary/aromatic N) is 1. The molecule has 0 aromatic heterocycles. The second kappa shape index (κ2) is 9.36. The minimum atomic E-state index is -0.577. The van der Waals surface area contributed by atoms with E-state index in [2.05, 4.69) is 6.92 Å². The molecule has 0 aliphatic heterocycles. The monoisotopic (exact) mass is 325 g/mol. The summed E-state index contributed by atoms with van der Waals surface area (Å²) in [6.07, 6.45) is 4.18. The molecule has 0 aliphatic carbocycles. The molecule has 0 unspecified atom stereocenters. The van der Waals surface area contributed by atoms with Gasteiger partial charge in [-0.1, -0.05) is 44.4 Å². The molecule has 0 amide bonds. The van der Waals surface area contributed by atoms with Gasteiger partial charge in [0.25, 0.3) is 5.69 Å². The van der Waals surface area contributed by atoms with Crippen molar-refractivity contribution < 1.29 is 9.72 Å². The number of allylic oxidation sites excluding steroid dienone is 2. The topological polar surface area (TPSA) is 60.2 Å². The molecule has 0 radical (unpaired) electrons. The van der Waals surface area contributed by atoms with Gasteiger partial charge in [0.15, 0.2) is 5.78 Å². The molecule has 0 spiro atoms. The summed E-state index contributed by atoms with van der Waals surface area (Å²) in [6, 6.07) is 4.17. The third kappa shape index (κ3) is 5.26. The van der Waals surface area contributed by atoms with Crippen molar-refractivity contribution in [1.82, 2.24) is 0 Å². The zero-order valence-electron chi connectivity index (χ0n) is 12.6. The van der Waals surface area contributed by atoms with Gasteiger partial charge in [0.2, 0.25) is 0 Å². The molecule has 0 bridgehead atoms. The number of hydrogen-bond donors (Lipinski definition) is 0. The smallest absolute Gasteiger partial charge is 0.288 e. The third-order valence-electron chi connectivity index (χ3n) is 3.54. The minimum Gasteiger partial charge on any atom is -0.289 e. The van der Waals surface area contributed by atoms with Gasteiger partial charge in [0, 0.05) is 11.6 Å². The normalized spacial score (nSPS) is 11.5. The maximum absolute atomic E-state index is 12.4. The van der Waals surface area contributed by atoms with Crippen molar-refractivity contribution in [2.75, 3.05) is 0 Å². The Hall–Kier alpha value is -1.68. The Bertz CT molecular complexity index is 579. The van der Waals surface area contributed by atoms with E-state index in [1.54, 1.807) is 6.92 Å². The Morgan fingerprint density at radius 2 is 1.91 bits per heavy atom. The Kier molecular flexibility index (Phi) is 8.65. The van der Waals surface area contributed by atoms with Gasteiger partial charge in [0.1, 0.15) is 5.02 Å². The molecule has 0 N–H and O–H groups in total. The van der Waals surface area contributed by atoms with Crippen LogP contribution in [-0.4, -0.2) is 10.7 Å². The van der Waals surface area contributed by atoms with Crippen LogP contribution in [0, 0.1) is 10.1 Å². The molecule has 22 heavy (non-hydrogen) atoms. The predicted molar refractivity (Wildman–Crippen MR) is 91.7 cm³/mol. The average Bonchev–Trinajstić information content (AvgIpc) is 2.46. The number of halogens is 1. The molecule has 1 aromatic carbocycles. The van der Waals surface area contributed by atoms with E-state index in [1.807, 2.05) is 6.92 Å².